The molecular weight excluding hydrogens is 228 g/mol. The van der Waals surface area contributed by atoms with Crippen molar-refractivity contribution in [1.82, 2.24) is 9.97 Å². The number of carbonyl (C=O) groups is 1. The van der Waals surface area contributed by atoms with E-state index >= 15 is 0 Å². The van der Waals surface area contributed by atoms with Gasteiger partial charge in [-0.3, -0.25) is 9.69 Å². The Morgan fingerprint density at radius 3 is 2.78 bits per heavy atom. The highest BCUT2D eigenvalue weighted by molar-refractivity contribution is 6.03. The van der Waals surface area contributed by atoms with Crippen molar-refractivity contribution < 1.29 is 4.79 Å². The highest BCUT2D eigenvalue weighted by Gasteiger charge is 2.15. The fraction of sp³-hybridized carbons (Fsp3) is 0.0769. The molecule has 0 aromatic carbocycles. The van der Waals surface area contributed by atoms with Gasteiger partial charge in [0.1, 0.15) is 23.3 Å². The summed E-state index contributed by atoms with van der Waals surface area (Å²) >= 11 is 0. The number of hydrogen-bond donors (Lipinski definition) is 0. The van der Waals surface area contributed by atoms with Crippen molar-refractivity contribution in [3.63, 3.8) is 0 Å². The number of nitrogens with zero attached hydrogens (tertiary/aromatic N) is 4. The molecule has 0 spiro atoms. The molecule has 0 saturated heterocycles. The lowest BCUT2D eigenvalue weighted by atomic mass is 10.3. The molecule has 88 valence electrons. The van der Waals surface area contributed by atoms with Crippen LogP contribution in [0.5, 0.6) is 0 Å². The minimum absolute atomic E-state index is 0.218. The Kier molecular flexibility index (Phi) is 3.30. The van der Waals surface area contributed by atoms with Crippen LogP contribution in [0.3, 0.4) is 0 Å². The molecule has 0 aliphatic carbocycles. The molecule has 0 bridgehead atoms. The number of pyridine rings is 2. The Bertz CT molecular complexity index is 604. The summed E-state index contributed by atoms with van der Waals surface area (Å²) in [6.07, 6.45) is 1.61. The molecule has 0 aliphatic heterocycles. The predicted octanol–water partition coefficient (Wildman–Crippen LogP) is 1.62. The lowest BCUT2D eigenvalue weighted by molar-refractivity contribution is 0.0987. The highest BCUT2D eigenvalue weighted by atomic mass is 16.2. The Morgan fingerprint density at radius 2 is 2.11 bits per heavy atom. The minimum Gasteiger partial charge on any atom is -0.294 e. The average molecular weight is 238 g/mol. The van der Waals surface area contributed by atoms with E-state index in [1.165, 1.54) is 4.90 Å². The van der Waals surface area contributed by atoms with Crippen molar-refractivity contribution in [2.24, 2.45) is 0 Å². The molecule has 0 radical (unpaired) electrons. The summed E-state index contributed by atoms with van der Waals surface area (Å²) in [7, 11) is 1.62. The van der Waals surface area contributed by atoms with Crippen LogP contribution in [-0.4, -0.2) is 22.9 Å². The summed E-state index contributed by atoms with van der Waals surface area (Å²) in [6.45, 7) is 0. The van der Waals surface area contributed by atoms with Gasteiger partial charge in [-0.05, 0) is 24.3 Å². The molecule has 2 rings (SSSR count). The van der Waals surface area contributed by atoms with E-state index in [2.05, 4.69) is 9.97 Å². The fourth-order valence-electron chi connectivity index (χ4n) is 1.44. The van der Waals surface area contributed by atoms with Crippen molar-refractivity contribution in [1.29, 1.82) is 5.26 Å². The van der Waals surface area contributed by atoms with E-state index in [0.29, 0.717) is 5.82 Å². The largest absolute Gasteiger partial charge is 0.294 e. The third-order valence-corrected chi connectivity index (χ3v) is 2.38. The van der Waals surface area contributed by atoms with E-state index in [-0.39, 0.29) is 17.3 Å². The van der Waals surface area contributed by atoms with Crippen LogP contribution >= 0.6 is 0 Å². The molecule has 18 heavy (non-hydrogen) atoms. The number of anilines is 1. The SMILES string of the molecule is CN(C(=O)c1cccc(C#N)n1)c1ccccn1. The third-order valence-electron chi connectivity index (χ3n) is 2.38. The first kappa shape index (κ1) is 11.7. The molecular formula is C13H10N4O. The van der Waals surface area contributed by atoms with Gasteiger partial charge in [-0.2, -0.15) is 5.26 Å². The molecule has 0 N–H and O–H groups in total. The topological polar surface area (TPSA) is 69.9 Å². The monoisotopic (exact) mass is 238 g/mol. The van der Waals surface area contributed by atoms with Crippen LogP contribution in [0, 0.1) is 11.3 Å². The highest BCUT2D eigenvalue weighted by Crippen LogP contribution is 2.10. The van der Waals surface area contributed by atoms with E-state index in [1.54, 1.807) is 49.6 Å². The first-order valence-corrected chi connectivity index (χ1v) is 5.28. The summed E-state index contributed by atoms with van der Waals surface area (Å²) in [5.74, 6) is 0.234. The van der Waals surface area contributed by atoms with Crippen LogP contribution in [-0.2, 0) is 0 Å². The molecule has 2 heterocycles. The molecule has 0 atom stereocenters. The van der Waals surface area contributed by atoms with Crippen LogP contribution < -0.4 is 4.90 Å². The van der Waals surface area contributed by atoms with Crippen molar-refractivity contribution in [3.8, 4) is 6.07 Å². The van der Waals surface area contributed by atoms with Crippen molar-refractivity contribution in [3.05, 3.63) is 54.0 Å². The van der Waals surface area contributed by atoms with Crippen molar-refractivity contribution in [2.45, 2.75) is 0 Å². The van der Waals surface area contributed by atoms with Crippen LogP contribution in [0.15, 0.2) is 42.6 Å². The lowest BCUT2D eigenvalue weighted by Gasteiger charge is -2.15. The van der Waals surface area contributed by atoms with Gasteiger partial charge in [0.15, 0.2) is 0 Å². The van der Waals surface area contributed by atoms with E-state index in [1.807, 2.05) is 6.07 Å². The molecule has 0 unspecified atom stereocenters. The number of hydrogen-bond acceptors (Lipinski definition) is 4. The standard InChI is InChI=1S/C13H10N4O/c1-17(12-7-2-3-8-15-12)13(18)11-6-4-5-10(9-14)16-11/h2-8H,1H3. The van der Waals surface area contributed by atoms with E-state index < -0.39 is 0 Å². The van der Waals surface area contributed by atoms with Gasteiger partial charge in [-0.1, -0.05) is 12.1 Å². The maximum atomic E-state index is 12.1. The molecule has 1 amide bonds. The number of nitriles is 1. The maximum absolute atomic E-state index is 12.1. The second-order valence-electron chi connectivity index (χ2n) is 3.57. The van der Waals surface area contributed by atoms with Crippen LogP contribution in [0.25, 0.3) is 0 Å². The van der Waals surface area contributed by atoms with Gasteiger partial charge in [0.2, 0.25) is 0 Å². The number of carbonyl (C=O) groups excluding carboxylic acids is 1. The molecule has 0 fully saturated rings. The van der Waals surface area contributed by atoms with Gasteiger partial charge in [-0.15, -0.1) is 0 Å². The Morgan fingerprint density at radius 1 is 1.28 bits per heavy atom. The van der Waals surface area contributed by atoms with Gasteiger partial charge >= 0.3 is 0 Å². The van der Waals surface area contributed by atoms with Crippen LogP contribution in [0.4, 0.5) is 5.82 Å². The summed E-state index contributed by atoms with van der Waals surface area (Å²) < 4.78 is 0. The normalized spacial score (nSPS) is 9.56. The number of rotatable bonds is 2. The minimum atomic E-state index is -0.300. The zero-order valence-corrected chi connectivity index (χ0v) is 9.74. The second kappa shape index (κ2) is 5.06. The lowest BCUT2D eigenvalue weighted by Crippen LogP contribution is -2.27. The molecule has 2 aromatic rings. The summed E-state index contributed by atoms with van der Waals surface area (Å²) in [4.78, 5) is 21.6. The van der Waals surface area contributed by atoms with Gasteiger partial charge in [0, 0.05) is 13.2 Å². The summed E-state index contributed by atoms with van der Waals surface area (Å²) in [5, 5.41) is 8.75. The predicted molar refractivity (Wildman–Crippen MR) is 65.9 cm³/mol. The van der Waals surface area contributed by atoms with Crippen molar-refractivity contribution in [2.75, 3.05) is 11.9 Å². The Balaban J connectivity index is 2.29. The second-order valence-corrected chi connectivity index (χ2v) is 3.57. The Labute approximate surface area is 104 Å². The smallest absolute Gasteiger partial charge is 0.277 e. The van der Waals surface area contributed by atoms with Crippen LogP contribution in [0.2, 0.25) is 0 Å². The zero-order chi connectivity index (χ0) is 13.0. The molecule has 0 aliphatic rings. The molecule has 5 heteroatoms. The van der Waals surface area contributed by atoms with E-state index in [4.69, 9.17) is 5.26 Å². The molecule has 5 nitrogen and oxygen atoms in total. The maximum Gasteiger partial charge on any atom is 0.277 e. The average Bonchev–Trinajstić information content (AvgIpc) is 2.46. The first-order valence-electron chi connectivity index (χ1n) is 5.28. The molecule has 0 saturated carbocycles. The van der Waals surface area contributed by atoms with Gasteiger partial charge in [-0.25, -0.2) is 9.97 Å². The third kappa shape index (κ3) is 2.33. The first-order chi connectivity index (χ1) is 8.72. The van der Waals surface area contributed by atoms with E-state index in [9.17, 15) is 4.79 Å². The number of amides is 1. The Hall–Kier alpha value is -2.74. The quantitative estimate of drug-likeness (QED) is 0.797. The van der Waals surface area contributed by atoms with Gasteiger partial charge < -0.3 is 0 Å². The van der Waals surface area contributed by atoms with Gasteiger partial charge in [0.25, 0.3) is 5.91 Å². The van der Waals surface area contributed by atoms with E-state index in [0.717, 1.165) is 0 Å². The zero-order valence-electron chi connectivity index (χ0n) is 9.74. The van der Waals surface area contributed by atoms with Crippen LogP contribution in [0.1, 0.15) is 16.2 Å². The molecule has 2 aromatic heterocycles. The summed E-state index contributed by atoms with van der Waals surface area (Å²) in [5.41, 5.74) is 0.442. The van der Waals surface area contributed by atoms with Crippen molar-refractivity contribution >= 4 is 11.7 Å². The fourth-order valence-corrected chi connectivity index (χ4v) is 1.44. The summed E-state index contributed by atoms with van der Waals surface area (Å²) in [6, 6.07) is 12.0. The number of aromatic nitrogens is 2. The van der Waals surface area contributed by atoms with Gasteiger partial charge in [0.05, 0.1) is 0 Å².